The number of rotatable bonds is 12. The lowest BCUT2D eigenvalue weighted by molar-refractivity contribution is -0.141. The molecule has 0 radical (unpaired) electrons. The van der Waals surface area contributed by atoms with Crippen LogP contribution in [0.5, 0.6) is 0 Å². The summed E-state index contributed by atoms with van der Waals surface area (Å²) in [6.45, 7) is 4.15. The van der Waals surface area contributed by atoms with Crippen LogP contribution < -0.4 is 0 Å². The minimum Gasteiger partial charge on any atom is -0.383 e. The molecule has 1 saturated carbocycles. The molecule has 6 heteroatoms. The molecule has 1 aliphatic rings. The van der Waals surface area contributed by atoms with E-state index >= 15 is 0 Å². The van der Waals surface area contributed by atoms with Gasteiger partial charge in [-0.3, -0.25) is 9.59 Å². The number of aryl methyl sites for hydroxylation is 1. The highest BCUT2D eigenvalue weighted by Gasteiger charge is 2.23. The maximum Gasteiger partial charge on any atom is 0.242 e. The Labute approximate surface area is 196 Å². The molecule has 1 aromatic heterocycles. The molecule has 0 bridgehead atoms. The zero-order chi connectivity index (χ0) is 22.8. The standard InChI is InChI=1S/C26H36N2O3S/c1-21-12-14-24(32-21)19-28(18-23-10-4-3-5-11-23)26(30)20-27(16-17-31-2)25(29)15-13-22-8-6-7-9-22/h3-5,10-12,14,22H,6-9,13,15-20H2,1-2H3. The van der Waals surface area contributed by atoms with Gasteiger partial charge in [-0.15, -0.1) is 11.3 Å². The Bertz CT molecular complexity index is 846. The van der Waals surface area contributed by atoms with Crippen LogP contribution in [-0.4, -0.2) is 48.4 Å². The molecule has 0 unspecified atom stereocenters. The minimum absolute atomic E-state index is 0.0229. The first-order valence-electron chi connectivity index (χ1n) is 11.7. The van der Waals surface area contributed by atoms with Crippen molar-refractivity contribution in [1.82, 2.24) is 9.80 Å². The van der Waals surface area contributed by atoms with Crippen LogP contribution in [0, 0.1) is 12.8 Å². The van der Waals surface area contributed by atoms with Crippen LogP contribution in [0.25, 0.3) is 0 Å². The van der Waals surface area contributed by atoms with Crippen molar-refractivity contribution < 1.29 is 14.3 Å². The van der Waals surface area contributed by atoms with Gasteiger partial charge in [-0.25, -0.2) is 0 Å². The van der Waals surface area contributed by atoms with Gasteiger partial charge in [-0.05, 0) is 37.0 Å². The van der Waals surface area contributed by atoms with Crippen molar-refractivity contribution >= 4 is 23.2 Å². The monoisotopic (exact) mass is 456 g/mol. The summed E-state index contributed by atoms with van der Waals surface area (Å²) in [5, 5.41) is 0. The number of ether oxygens (including phenoxy) is 1. The lowest BCUT2D eigenvalue weighted by Crippen LogP contribution is -2.43. The van der Waals surface area contributed by atoms with Crippen LogP contribution >= 0.6 is 11.3 Å². The Morgan fingerprint density at radius 1 is 1.00 bits per heavy atom. The van der Waals surface area contributed by atoms with Gasteiger partial charge >= 0.3 is 0 Å². The molecule has 0 atom stereocenters. The number of thiophene rings is 1. The summed E-state index contributed by atoms with van der Waals surface area (Å²) in [7, 11) is 1.63. The van der Waals surface area contributed by atoms with E-state index in [4.69, 9.17) is 4.74 Å². The maximum atomic E-state index is 13.4. The third kappa shape index (κ3) is 7.75. The Balaban J connectivity index is 1.66. The average molecular weight is 457 g/mol. The lowest BCUT2D eigenvalue weighted by Gasteiger charge is -2.28. The van der Waals surface area contributed by atoms with Gasteiger partial charge in [0.2, 0.25) is 11.8 Å². The molecular weight excluding hydrogens is 420 g/mol. The molecule has 2 aromatic rings. The van der Waals surface area contributed by atoms with E-state index in [0.29, 0.717) is 38.6 Å². The number of benzene rings is 1. The molecule has 0 spiro atoms. The average Bonchev–Trinajstić information content (AvgIpc) is 3.46. The van der Waals surface area contributed by atoms with E-state index in [1.807, 2.05) is 35.2 Å². The minimum atomic E-state index is -0.0229. The maximum absolute atomic E-state index is 13.4. The first kappa shape index (κ1) is 24.5. The molecule has 2 amide bonds. The van der Waals surface area contributed by atoms with Gasteiger partial charge in [-0.1, -0.05) is 56.0 Å². The third-order valence-electron chi connectivity index (χ3n) is 6.20. The summed E-state index contributed by atoms with van der Waals surface area (Å²) in [6.07, 6.45) is 6.47. The number of hydrogen-bond donors (Lipinski definition) is 0. The van der Waals surface area contributed by atoms with Gasteiger partial charge in [0.25, 0.3) is 0 Å². The molecular formula is C26H36N2O3S. The van der Waals surface area contributed by atoms with Crippen molar-refractivity contribution in [3.8, 4) is 0 Å². The fraction of sp³-hybridized carbons (Fsp3) is 0.538. The quantitative estimate of drug-likeness (QED) is 0.450. The summed E-state index contributed by atoms with van der Waals surface area (Å²) in [4.78, 5) is 32.3. The number of nitrogens with zero attached hydrogens (tertiary/aromatic N) is 2. The fourth-order valence-electron chi connectivity index (χ4n) is 4.34. The van der Waals surface area contributed by atoms with Gasteiger partial charge in [0.05, 0.1) is 19.7 Å². The molecule has 32 heavy (non-hydrogen) atoms. The molecule has 1 heterocycles. The molecule has 3 rings (SSSR count). The summed E-state index contributed by atoms with van der Waals surface area (Å²) in [6, 6.07) is 14.2. The molecule has 5 nitrogen and oxygen atoms in total. The largest absolute Gasteiger partial charge is 0.383 e. The predicted octanol–water partition coefficient (Wildman–Crippen LogP) is 5.03. The van der Waals surface area contributed by atoms with Gasteiger partial charge in [-0.2, -0.15) is 0 Å². The van der Waals surface area contributed by atoms with Crippen LogP contribution in [0.2, 0.25) is 0 Å². The third-order valence-corrected chi connectivity index (χ3v) is 7.18. The molecule has 0 N–H and O–H groups in total. The fourth-order valence-corrected chi connectivity index (χ4v) is 5.24. The molecule has 1 fully saturated rings. The Hall–Kier alpha value is -2.18. The van der Waals surface area contributed by atoms with E-state index in [0.717, 1.165) is 16.9 Å². The second-order valence-electron chi connectivity index (χ2n) is 8.75. The SMILES string of the molecule is COCCN(CC(=O)N(Cc1ccccc1)Cc1ccc(C)s1)C(=O)CCC1CCCC1. The van der Waals surface area contributed by atoms with Crippen LogP contribution in [-0.2, 0) is 27.4 Å². The molecule has 174 valence electrons. The van der Waals surface area contributed by atoms with E-state index in [1.54, 1.807) is 23.3 Å². The summed E-state index contributed by atoms with van der Waals surface area (Å²) in [5.74, 6) is 0.703. The normalized spacial score (nSPS) is 13.9. The van der Waals surface area contributed by atoms with Crippen LogP contribution in [0.1, 0.15) is 53.8 Å². The van der Waals surface area contributed by atoms with Gasteiger partial charge in [0.15, 0.2) is 0 Å². The van der Waals surface area contributed by atoms with E-state index < -0.39 is 0 Å². The lowest BCUT2D eigenvalue weighted by atomic mass is 10.0. The Morgan fingerprint density at radius 3 is 2.41 bits per heavy atom. The van der Waals surface area contributed by atoms with Gasteiger partial charge < -0.3 is 14.5 Å². The van der Waals surface area contributed by atoms with Crippen molar-refractivity contribution in [2.24, 2.45) is 5.92 Å². The molecule has 0 aliphatic heterocycles. The van der Waals surface area contributed by atoms with Crippen molar-refractivity contribution in [3.63, 3.8) is 0 Å². The zero-order valence-corrected chi connectivity index (χ0v) is 20.2. The van der Waals surface area contributed by atoms with Gasteiger partial charge in [0.1, 0.15) is 0 Å². The number of amides is 2. The molecule has 1 aromatic carbocycles. The van der Waals surface area contributed by atoms with E-state index in [1.165, 1.54) is 30.6 Å². The van der Waals surface area contributed by atoms with Crippen LogP contribution in [0.4, 0.5) is 0 Å². The Morgan fingerprint density at radius 2 is 1.75 bits per heavy atom. The number of carbonyl (C=O) groups is 2. The highest BCUT2D eigenvalue weighted by atomic mass is 32.1. The van der Waals surface area contributed by atoms with Crippen LogP contribution in [0.3, 0.4) is 0 Å². The number of hydrogen-bond acceptors (Lipinski definition) is 4. The Kier molecular flexibility index (Phi) is 9.75. The summed E-state index contributed by atoms with van der Waals surface area (Å²) < 4.78 is 5.22. The predicted molar refractivity (Wildman–Crippen MR) is 129 cm³/mol. The van der Waals surface area contributed by atoms with Crippen molar-refractivity contribution in [2.45, 2.75) is 58.5 Å². The van der Waals surface area contributed by atoms with E-state index in [-0.39, 0.29) is 18.4 Å². The zero-order valence-electron chi connectivity index (χ0n) is 19.4. The highest BCUT2D eigenvalue weighted by Crippen LogP contribution is 2.28. The van der Waals surface area contributed by atoms with Crippen LogP contribution in [0.15, 0.2) is 42.5 Å². The highest BCUT2D eigenvalue weighted by molar-refractivity contribution is 7.11. The van der Waals surface area contributed by atoms with Crippen molar-refractivity contribution in [2.75, 3.05) is 26.8 Å². The van der Waals surface area contributed by atoms with E-state index in [9.17, 15) is 9.59 Å². The smallest absolute Gasteiger partial charge is 0.242 e. The van der Waals surface area contributed by atoms with Crippen molar-refractivity contribution in [3.05, 3.63) is 57.8 Å². The first-order valence-corrected chi connectivity index (χ1v) is 12.5. The molecule has 1 aliphatic carbocycles. The topological polar surface area (TPSA) is 49.9 Å². The summed E-state index contributed by atoms with van der Waals surface area (Å²) >= 11 is 1.71. The second kappa shape index (κ2) is 12.8. The molecule has 0 saturated heterocycles. The summed E-state index contributed by atoms with van der Waals surface area (Å²) in [5.41, 5.74) is 1.09. The van der Waals surface area contributed by atoms with Gasteiger partial charge in [0, 0.05) is 36.4 Å². The first-order chi connectivity index (χ1) is 15.5. The van der Waals surface area contributed by atoms with E-state index in [2.05, 4.69) is 19.1 Å². The number of methoxy groups -OCH3 is 1. The number of carbonyl (C=O) groups excluding carboxylic acids is 2. The van der Waals surface area contributed by atoms with Crippen molar-refractivity contribution in [1.29, 1.82) is 0 Å². The second-order valence-corrected chi connectivity index (χ2v) is 10.1.